The molecule has 1 rings (SSSR count). The first-order chi connectivity index (χ1) is 7.68. The Morgan fingerprint density at radius 2 is 1.94 bits per heavy atom. The van der Waals surface area contributed by atoms with E-state index in [0.29, 0.717) is 19.0 Å². The van der Waals surface area contributed by atoms with Gasteiger partial charge < -0.3 is 24.8 Å². The van der Waals surface area contributed by atoms with Crippen LogP contribution in [0.3, 0.4) is 0 Å². The maximum atomic E-state index is 9.15. The molecule has 0 aliphatic heterocycles. The highest BCUT2D eigenvalue weighted by atomic mass is 16.5. The zero-order valence-corrected chi connectivity index (χ0v) is 8.87. The number of phenolic OH excluding ortho intramolecular Hbond substituents is 1. The van der Waals surface area contributed by atoms with Crippen molar-refractivity contribution in [1.29, 1.82) is 0 Å². The molecule has 0 saturated carbocycles. The second kappa shape index (κ2) is 7.05. The summed E-state index contributed by atoms with van der Waals surface area (Å²) in [6.45, 7) is 0.994. The van der Waals surface area contributed by atoms with E-state index in [4.69, 9.17) is 24.8 Å². The van der Waals surface area contributed by atoms with Gasteiger partial charge in [-0.1, -0.05) is 6.07 Å². The van der Waals surface area contributed by atoms with E-state index in [2.05, 4.69) is 0 Å². The van der Waals surface area contributed by atoms with Crippen LogP contribution in [0, 0.1) is 0 Å². The van der Waals surface area contributed by atoms with E-state index in [-0.39, 0.29) is 18.8 Å². The highest BCUT2D eigenvalue weighted by Gasteiger charge is 1.98. The Balaban J connectivity index is 2.07. The van der Waals surface area contributed by atoms with Crippen molar-refractivity contribution in [2.75, 3.05) is 19.8 Å². The summed E-state index contributed by atoms with van der Waals surface area (Å²) in [6, 6.07) is 6.49. The highest BCUT2D eigenvalue weighted by Crippen LogP contribution is 2.17. The minimum absolute atomic E-state index is 0.154. The molecule has 0 fully saturated rings. The lowest BCUT2D eigenvalue weighted by molar-refractivity contribution is -0.0622. The van der Waals surface area contributed by atoms with Gasteiger partial charge in [-0.15, -0.1) is 0 Å². The predicted molar refractivity (Wildman–Crippen MR) is 57.3 cm³/mol. The first-order valence-electron chi connectivity index (χ1n) is 5.04. The molecule has 1 aromatic carbocycles. The summed E-state index contributed by atoms with van der Waals surface area (Å²) >= 11 is 0. The fourth-order valence-electron chi connectivity index (χ4n) is 1.08. The Morgan fingerprint density at radius 3 is 2.62 bits per heavy atom. The van der Waals surface area contributed by atoms with Gasteiger partial charge in [-0.25, -0.2) is 0 Å². The Labute approximate surface area is 93.9 Å². The molecule has 0 radical (unpaired) electrons. The maximum absolute atomic E-state index is 9.15. The van der Waals surface area contributed by atoms with Gasteiger partial charge in [0, 0.05) is 12.5 Å². The molecule has 0 heterocycles. The molecule has 0 aliphatic rings. The van der Waals surface area contributed by atoms with Gasteiger partial charge in [0.05, 0.1) is 13.2 Å². The Kier molecular flexibility index (Phi) is 5.63. The van der Waals surface area contributed by atoms with Gasteiger partial charge in [-0.3, -0.25) is 0 Å². The maximum Gasteiger partial charge on any atom is 0.153 e. The van der Waals surface area contributed by atoms with Crippen molar-refractivity contribution in [3.8, 4) is 11.5 Å². The Morgan fingerprint density at radius 1 is 1.12 bits per heavy atom. The quantitative estimate of drug-likeness (QED) is 0.467. The minimum atomic E-state index is -1.33. The third kappa shape index (κ3) is 5.55. The topological polar surface area (TPSA) is 79.2 Å². The number of ether oxygens (including phenoxy) is 2. The highest BCUT2D eigenvalue weighted by molar-refractivity contribution is 5.31. The molecule has 0 aromatic heterocycles. The van der Waals surface area contributed by atoms with Crippen LogP contribution in [0.4, 0.5) is 0 Å². The number of aromatic hydroxyl groups is 1. The smallest absolute Gasteiger partial charge is 0.153 e. The number of phenols is 1. The van der Waals surface area contributed by atoms with Crippen LogP contribution in [-0.4, -0.2) is 41.4 Å². The number of benzene rings is 1. The van der Waals surface area contributed by atoms with Crippen molar-refractivity contribution in [2.24, 2.45) is 0 Å². The minimum Gasteiger partial charge on any atom is -0.508 e. The predicted octanol–water partition coefficient (Wildman–Crippen LogP) is 0.488. The first-order valence-corrected chi connectivity index (χ1v) is 5.04. The monoisotopic (exact) mass is 228 g/mol. The van der Waals surface area contributed by atoms with Gasteiger partial charge in [0.2, 0.25) is 0 Å². The SMILES string of the molecule is Oc1cccc(OCCOCCC(O)O)c1. The van der Waals surface area contributed by atoms with Crippen molar-refractivity contribution >= 4 is 0 Å². The molecule has 1 aromatic rings. The third-order valence-electron chi connectivity index (χ3n) is 1.83. The normalized spacial score (nSPS) is 10.7. The summed E-state index contributed by atoms with van der Waals surface area (Å²) in [5.74, 6) is 0.729. The lowest BCUT2D eigenvalue weighted by Gasteiger charge is -2.07. The molecular formula is C11H16O5. The van der Waals surface area contributed by atoms with Crippen molar-refractivity contribution in [1.82, 2.24) is 0 Å². The van der Waals surface area contributed by atoms with E-state index in [1.807, 2.05) is 0 Å². The van der Waals surface area contributed by atoms with E-state index in [1.165, 1.54) is 6.07 Å². The Bertz CT molecular complexity index is 300. The van der Waals surface area contributed by atoms with Crippen LogP contribution in [0.5, 0.6) is 11.5 Å². The molecule has 0 unspecified atom stereocenters. The van der Waals surface area contributed by atoms with Crippen LogP contribution in [0.25, 0.3) is 0 Å². The molecule has 5 heteroatoms. The molecule has 5 nitrogen and oxygen atoms in total. The van der Waals surface area contributed by atoms with Crippen LogP contribution in [-0.2, 0) is 4.74 Å². The lowest BCUT2D eigenvalue weighted by Crippen LogP contribution is -2.12. The molecule has 0 aliphatic carbocycles. The van der Waals surface area contributed by atoms with Crippen LogP contribution in [0.2, 0.25) is 0 Å². The summed E-state index contributed by atoms with van der Waals surface area (Å²) in [6.07, 6.45) is -1.14. The summed E-state index contributed by atoms with van der Waals surface area (Å²) in [7, 11) is 0. The van der Waals surface area contributed by atoms with E-state index < -0.39 is 6.29 Å². The fourth-order valence-corrected chi connectivity index (χ4v) is 1.08. The number of aliphatic hydroxyl groups excluding tert-OH is 1. The lowest BCUT2D eigenvalue weighted by atomic mass is 10.3. The average molecular weight is 228 g/mol. The second-order valence-electron chi connectivity index (χ2n) is 3.23. The van der Waals surface area contributed by atoms with Gasteiger partial charge in [-0.05, 0) is 12.1 Å². The Hall–Kier alpha value is -1.30. The first kappa shape index (κ1) is 12.8. The van der Waals surface area contributed by atoms with Crippen molar-refractivity contribution in [2.45, 2.75) is 12.7 Å². The van der Waals surface area contributed by atoms with Crippen molar-refractivity contribution in [3.63, 3.8) is 0 Å². The number of hydrogen-bond acceptors (Lipinski definition) is 5. The molecule has 3 N–H and O–H groups in total. The summed E-state index contributed by atoms with van der Waals surface area (Å²) < 4.78 is 10.4. The zero-order chi connectivity index (χ0) is 11.8. The van der Waals surface area contributed by atoms with Crippen molar-refractivity contribution in [3.05, 3.63) is 24.3 Å². The van der Waals surface area contributed by atoms with Gasteiger partial charge in [0.15, 0.2) is 6.29 Å². The molecule has 0 amide bonds. The molecule has 0 bridgehead atoms. The van der Waals surface area contributed by atoms with E-state index >= 15 is 0 Å². The second-order valence-corrected chi connectivity index (χ2v) is 3.23. The number of aliphatic hydroxyl groups is 2. The van der Waals surface area contributed by atoms with Crippen LogP contribution < -0.4 is 4.74 Å². The van der Waals surface area contributed by atoms with Gasteiger partial charge >= 0.3 is 0 Å². The van der Waals surface area contributed by atoms with Crippen LogP contribution in [0.15, 0.2) is 24.3 Å². The van der Waals surface area contributed by atoms with Crippen molar-refractivity contribution < 1.29 is 24.8 Å². The largest absolute Gasteiger partial charge is 0.508 e. The average Bonchev–Trinajstić information content (AvgIpc) is 2.23. The standard InChI is InChI=1S/C11H16O5/c12-9-2-1-3-10(8-9)16-7-6-15-5-4-11(13)14/h1-3,8,11-14H,4-7H2. The van der Waals surface area contributed by atoms with E-state index in [0.717, 1.165) is 0 Å². The summed E-state index contributed by atoms with van der Waals surface area (Å²) in [5, 5.41) is 26.2. The molecule has 0 saturated heterocycles. The van der Waals surface area contributed by atoms with Crippen LogP contribution >= 0.6 is 0 Å². The molecular weight excluding hydrogens is 212 g/mol. The number of hydrogen-bond donors (Lipinski definition) is 3. The van der Waals surface area contributed by atoms with E-state index in [9.17, 15) is 0 Å². The zero-order valence-electron chi connectivity index (χ0n) is 8.87. The summed E-state index contributed by atoms with van der Waals surface area (Å²) in [5.41, 5.74) is 0. The van der Waals surface area contributed by atoms with E-state index in [1.54, 1.807) is 18.2 Å². The summed E-state index contributed by atoms with van der Waals surface area (Å²) in [4.78, 5) is 0. The molecule has 90 valence electrons. The molecule has 0 spiro atoms. The molecule has 16 heavy (non-hydrogen) atoms. The third-order valence-corrected chi connectivity index (χ3v) is 1.83. The van der Waals surface area contributed by atoms with Gasteiger partial charge in [0.1, 0.15) is 18.1 Å². The fraction of sp³-hybridized carbons (Fsp3) is 0.455. The van der Waals surface area contributed by atoms with Crippen LogP contribution in [0.1, 0.15) is 6.42 Å². The van der Waals surface area contributed by atoms with Gasteiger partial charge in [-0.2, -0.15) is 0 Å². The number of rotatable bonds is 7. The molecule has 0 atom stereocenters. The van der Waals surface area contributed by atoms with Gasteiger partial charge in [0.25, 0.3) is 0 Å².